The molecule has 0 radical (unpaired) electrons. The molecule has 3 aromatic rings. The van der Waals surface area contributed by atoms with Gasteiger partial charge in [-0.25, -0.2) is 4.98 Å². The molecule has 30 heavy (non-hydrogen) atoms. The number of hydrogen-bond acceptors (Lipinski definition) is 7. The van der Waals surface area contributed by atoms with Crippen molar-refractivity contribution >= 4 is 40.5 Å². The maximum atomic E-state index is 13.1. The molecule has 0 aliphatic carbocycles. The van der Waals surface area contributed by atoms with Gasteiger partial charge in [-0.3, -0.25) is 9.59 Å². The monoisotopic (exact) mass is 431 g/mol. The molecule has 10 nitrogen and oxygen atoms in total. The molecular formula is C19H22ClN7O3. The fraction of sp³-hybridized carbons (Fsp3) is 0.368. The number of hydrogen-bond donors (Lipinski definition) is 3. The molecule has 1 aliphatic rings. The molecule has 0 atom stereocenters. The molecule has 11 heteroatoms. The van der Waals surface area contributed by atoms with E-state index in [1.165, 1.54) is 17.8 Å². The Balaban J connectivity index is 1.76. The van der Waals surface area contributed by atoms with E-state index in [0.29, 0.717) is 46.8 Å². The molecule has 3 N–H and O–H groups in total. The molecule has 3 aromatic heterocycles. The van der Waals surface area contributed by atoms with Crippen molar-refractivity contribution in [3.8, 4) is 0 Å². The van der Waals surface area contributed by atoms with Gasteiger partial charge >= 0.3 is 0 Å². The zero-order valence-electron chi connectivity index (χ0n) is 16.6. The minimum atomic E-state index is -0.304. The summed E-state index contributed by atoms with van der Waals surface area (Å²) >= 11 is 6.30. The third-order valence-corrected chi connectivity index (χ3v) is 5.26. The number of carbonyl (C=O) groups is 1. The summed E-state index contributed by atoms with van der Waals surface area (Å²) in [5.74, 6) is 0.682. The van der Waals surface area contributed by atoms with Crippen LogP contribution in [0.1, 0.15) is 29.2 Å². The second kappa shape index (κ2) is 8.33. The summed E-state index contributed by atoms with van der Waals surface area (Å²) in [6, 6.07) is 3.30. The molecule has 1 amide bonds. The summed E-state index contributed by atoms with van der Waals surface area (Å²) in [6.07, 6.45) is 4.60. The summed E-state index contributed by atoms with van der Waals surface area (Å²) in [4.78, 5) is 29.7. The highest BCUT2D eigenvalue weighted by Crippen LogP contribution is 2.25. The van der Waals surface area contributed by atoms with Crippen molar-refractivity contribution in [2.75, 3.05) is 37.9 Å². The molecule has 1 aliphatic heterocycles. The van der Waals surface area contributed by atoms with Gasteiger partial charge < -0.3 is 25.3 Å². The van der Waals surface area contributed by atoms with E-state index in [0.717, 1.165) is 12.8 Å². The van der Waals surface area contributed by atoms with Crippen LogP contribution in [0.4, 0.5) is 17.3 Å². The molecule has 1 fully saturated rings. The van der Waals surface area contributed by atoms with Gasteiger partial charge in [0, 0.05) is 45.6 Å². The van der Waals surface area contributed by atoms with Crippen molar-refractivity contribution in [2.24, 2.45) is 0 Å². The number of halogens is 1. The van der Waals surface area contributed by atoms with E-state index in [-0.39, 0.29) is 17.5 Å². The second-order valence-electron chi connectivity index (χ2n) is 6.90. The van der Waals surface area contributed by atoms with Gasteiger partial charge in [0.1, 0.15) is 22.9 Å². The van der Waals surface area contributed by atoms with Gasteiger partial charge in [0.25, 0.3) is 11.5 Å². The van der Waals surface area contributed by atoms with Crippen molar-refractivity contribution in [1.82, 2.24) is 24.5 Å². The maximum absolute atomic E-state index is 13.1. The van der Waals surface area contributed by atoms with Crippen LogP contribution in [-0.4, -0.2) is 52.4 Å². The summed E-state index contributed by atoms with van der Waals surface area (Å²) < 4.78 is 8.57. The van der Waals surface area contributed by atoms with Crippen LogP contribution in [0.25, 0.3) is 5.65 Å². The van der Waals surface area contributed by atoms with Crippen LogP contribution in [0.15, 0.2) is 29.3 Å². The number of carbonyl (C=O) groups excluding carboxylic acids is 1. The highest BCUT2D eigenvalue weighted by molar-refractivity contribution is 6.30. The summed E-state index contributed by atoms with van der Waals surface area (Å²) in [7, 11) is 3.27. The first-order chi connectivity index (χ1) is 14.5. The third-order valence-electron chi connectivity index (χ3n) is 5.06. The first-order valence-electron chi connectivity index (χ1n) is 9.57. The van der Waals surface area contributed by atoms with Crippen LogP contribution < -0.4 is 21.5 Å². The number of aromatic nitrogens is 4. The Bertz CT molecular complexity index is 1150. The fourth-order valence-electron chi connectivity index (χ4n) is 3.53. The number of nitrogens with one attached hydrogen (secondary N) is 3. The van der Waals surface area contributed by atoms with Gasteiger partial charge in [0.2, 0.25) is 0 Å². The first-order valence-corrected chi connectivity index (χ1v) is 9.94. The van der Waals surface area contributed by atoms with E-state index in [1.807, 2.05) is 0 Å². The molecule has 4 rings (SSSR count). The average Bonchev–Trinajstić information content (AvgIpc) is 3.19. The van der Waals surface area contributed by atoms with Gasteiger partial charge in [0.15, 0.2) is 5.65 Å². The van der Waals surface area contributed by atoms with E-state index in [2.05, 4.69) is 26.0 Å². The second-order valence-corrected chi connectivity index (χ2v) is 7.34. The Morgan fingerprint density at radius 1 is 1.27 bits per heavy atom. The zero-order valence-corrected chi connectivity index (χ0v) is 17.4. The van der Waals surface area contributed by atoms with Crippen molar-refractivity contribution in [3.05, 3.63) is 45.5 Å². The van der Waals surface area contributed by atoms with Crippen molar-refractivity contribution in [3.63, 3.8) is 0 Å². The van der Waals surface area contributed by atoms with Crippen LogP contribution in [0.2, 0.25) is 5.02 Å². The number of ether oxygens (including phenoxy) is 1. The topological polar surface area (TPSA) is 115 Å². The van der Waals surface area contributed by atoms with Crippen molar-refractivity contribution in [2.45, 2.75) is 18.9 Å². The number of rotatable bonds is 5. The van der Waals surface area contributed by atoms with Crippen LogP contribution in [0.5, 0.6) is 0 Å². The normalized spacial score (nSPS) is 14.6. The Hall–Kier alpha value is -3.11. The lowest BCUT2D eigenvalue weighted by Crippen LogP contribution is -2.30. The van der Waals surface area contributed by atoms with E-state index >= 15 is 0 Å². The van der Waals surface area contributed by atoms with E-state index in [1.54, 1.807) is 29.9 Å². The average molecular weight is 432 g/mol. The largest absolute Gasteiger partial charge is 0.381 e. The lowest BCUT2D eigenvalue weighted by molar-refractivity contribution is 0.0687. The predicted octanol–water partition coefficient (Wildman–Crippen LogP) is 2.04. The SMILES string of the molecule is CNC(=O)c1cnn2c(NC)cc(Nc3cc(Cl)cn(C4CCOCC4)c3=O)nc12. The third kappa shape index (κ3) is 3.71. The zero-order chi connectivity index (χ0) is 21.3. The van der Waals surface area contributed by atoms with Crippen LogP contribution in [0, 0.1) is 0 Å². The number of anilines is 3. The number of fused-ring (bicyclic) bond motifs is 1. The predicted molar refractivity (Wildman–Crippen MR) is 114 cm³/mol. The Morgan fingerprint density at radius 2 is 2.03 bits per heavy atom. The Morgan fingerprint density at radius 3 is 2.73 bits per heavy atom. The molecule has 0 saturated carbocycles. The molecular weight excluding hydrogens is 410 g/mol. The molecule has 0 aromatic carbocycles. The first kappa shape index (κ1) is 20.2. The van der Waals surface area contributed by atoms with Crippen molar-refractivity contribution in [1.29, 1.82) is 0 Å². The molecule has 158 valence electrons. The quantitative estimate of drug-likeness (QED) is 0.566. The molecule has 0 spiro atoms. The standard InChI is InChI=1S/C19H22ClN7O3/c1-21-16-8-15(25-17-13(18(28)22-2)9-23-27(16)17)24-14-7-11(20)10-26(19(14)29)12-3-5-30-6-4-12/h7-10,12,21H,3-6H2,1-2H3,(H,22,28)(H,24,25). The number of pyridine rings is 1. The highest BCUT2D eigenvalue weighted by atomic mass is 35.5. The van der Waals surface area contributed by atoms with Crippen LogP contribution in [0.3, 0.4) is 0 Å². The van der Waals surface area contributed by atoms with Crippen molar-refractivity contribution < 1.29 is 9.53 Å². The molecule has 0 bridgehead atoms. The fourth-order valence-corrected chi connectivity index (χ4v) is 3.74. The summed E-state index contributed by atoms with van der Waals surface area (Å²) in [6.45, 7) is 1.22. The van der Waals surface area contributed by atoms with Gasteiger partial charge in [-0.2, -0.15) is 9.61 Å². The Labute approximate surface area is 177 Å². The van der Waals surface area contributed by atoms with Gasteiger partial charge in [-0.05, 0) is 18.9 Å². The molecule has 4 heterocycles. The summed E-state index contributed by atoms with van der Waals surface area (Å²) in [5.41, 5.74) is 0.784. The van der Waals surface area contributed by atoms with E-state index in [4.69, 9.17) is 16.3 Å². The van der Waals surface area contributed by atoms with Crippen LogP contribution in [-0.2, 0) is 4.74 Å². The van der Waals surface area contributed by atoms with Crippen LogP contribution >= 0.6 is 11.6 Å². The molecule has 0 unspecified atom stereocenters. The van der Waals surface area contributed by atoms with Gasteiger partial charge in [-0.15, -0.1) is 0 Å². The van der Waals surface area contributed by atoms with Gasteiger partial charge in [0.05, 0.1) is 11.2 Å². The van der Waals surface area contributed by atoms with Gasteiger partial charge in [-0.1, -0.05) is 11.6 Å². The smallest absolute Gasteiger partial charge is 0.274 e. The minimum Gasteiger partial charge on any atom is -0.381 e. The van der Waals surface area contributed by atoms with E-state index in [9.17, 15) is 9.59 Å². The maximum Gasteiger partial charge on any atom is 0.274 e. The number of amides is 1. The molecule has 1 saturated heterocycles. The van der Waals surface area contributed by atoms with E-state index < -0.39 is 0 Å². The minimum absolute atomic E-state index is 0.0310. The summed E-state index contributed by atoms with van der Waals surface area (Å²) in [5, 5.41) is 13.3. The number of nitrogens with zero attached hydrogens (tertiary/aromatic N) is 4. The highest BCUT2D eigenvalue weighted by Gasteiger charge is 2.20. The Kier molecular flexibility index (Phi) is 5.60. The lowest BCUT2D eigenvalue weighted by atomic mass is 10.1. The lowest BCUT2D eigenvalue weighted by Gasteiger charge is -2.25.